The third-order valence-corrected chi connectivity index (χ3v) is 4.09. The quantitative estimate of drug-likeness (QED) is 0.461. The zero-order chi connectivity index (χ0) is 16.2. The Morgan fingerprint density at radius 3 is 2.54 bits per heavy atom. The number of hydrogen-bond acceptors (Lipinski definition) is 1. The van der Waals surface area contributed by atoms with Crippen molar-refractivity contribution in [2.75, 3.05) is 0 Å². The van der Waals surface area contributed by atoms with Crippen LogP contribution < -0.4 is 0 Å². The topological polar surface area (TPSA) is 12.9 Å². The number of rotatable bonds is 3. The van der Waals surface area contributed by atoms with Gasteiger partial charge in [0, 0.05) is 12.4 Å². The molecule has 0 amide bonds. The van der Waals surface area contributed by atoms with Crippen LogP contribution >= 0.6 is 0 Å². The Morgan fingerprint density at radius 2 is 1.62 bits per heavy atom. The fourth-order valence-corrected chi connectivity index (χ4v) is 2.89. The Labute approximate surface area is 141 Å². The van der Waals surface area contributed by atoms with Gasteiger partial charge in [0.15, 0.2) is 0 Å². The second kappa shape index (κ2) is 6.51. The highest BCUT2D eigenvalue weighted by Crippen LogP contribution is 2.29. The summed E-state index contributed by atoms with van der Waals surface area (Å²) < 4.78 is 0. The number of pyridine rings is 1. The van der Waals surface area contributed by atoms with Crippen LogP contribution in [0.15, 0.2) is 85.2 Å². The number of fused-ring (bicyclic) bond motifs is 1. The lowest BCUT2D eigenvalue weighted by Crippen LogP contribution is -1.82. The van der Waals surface area contributed by atoms with Gasteiger partial charge in [0.1, 0.15) is 0 Å². The third kappa shape index (κ3) is 2.97. The van der Waals surface area contributed by atoms with Gasteiger partial charge in [0.05, 0.1) is 0 Å². The summed E-state index contributed by atoms with van der Waals surface area (Å²) in [5.74, 6) is 0. The van der Waals surface area contributed by atoms with Crippen LogP contribution in [-0.2, 0) is 0 Å². The molecule has 3 aromatic carbocycles. The maximum atomic E-state index is 4.04. The molecule has 0 aliphatic carbocycles. The first kappa shape index (κ1) is 14.4. The van der Waals surface area contributed by atoms with Gasteiger partial charge in [0.25, 0.3) is 0 Å². The van der Waals surface area contributed by atoms with Crippen LogP contribution in [0.4, 0.5) is 0 Å². The van der Waals surface area contributed by atoms with Crippen LogP contribution in [0.1, 0.15) is 11.1 Å². The molecule has 1 nitrogen and oxygen atoms in total. The lowest BCUT2D eigenvalue weighted by molar-refractivity contribution is 1.32. The number of benzene rings is 3. The van der Waals surface area contributed by atoms with Crippen LogP contribution in [0.25, 0.3) is 34.1 Å². The van der Waals surface area contributed by atoms with Gasteiger partial charge >= 0.3 is 0 Å². The molecule has 0 aliphatic rings. The summed E-state index contributed by atoms with van der Waals surface area (Å²) in [4.78, 5) is 4.04. The monoisotopic (exact) mass is 306 g/mol. The average molecular weight is 306 g/mol. The summed E-state index contributed by atoms with van der Waals surface area (Å²) in [6, 6.07) is 28.5. The normalized spacial score (nSPS) is 11.2. The van der Waals surface area contributed by atoms with Crippen molar-refractivity contribution in [2.45, 2.75) is 0 Å². The molecular formula is C23H16N. The summed E-state index contributed by atoms with van der Waals surface area (Å²) in [6.45, 7) is 0. The molecule has 0 N–H and O–H groups in total. The Bertz CT molecular complexity index is 995. The van der Waals surface area contributed by atoms with Crippen LogP contribution in [0, 0.1) is 6.07 Å². The van der Waals surface area contributed by atoms with E-state index in [2.05, 4.69) is 77.8 Å². The third-order valence-electron chi connectivity index (χ3n) is 4.09. The summed E-state index contributed by atoms with van der Waals surface area (Å²) in [5.41, 5.74) is 4.66. The SMILES string of the molecule is [c]1ccc(-c2cccc3ccccc23)cc1C=Cc1ccncc1. The Hall–Kier alpha value is -3.19. The number of nitrogens with zero attached hydrogens (tertiary/aromatic N) is 1. The average Bonchev–Trinajstić information content (AvgIpc) is 2.67. The Balaban J connectivity index is 1.73. The molecule has 1 aromatic heterocycles. The fourth-order valence-electron chi connectivity index (χ4n) is 2.89. The minimum Gasteiger partial charge on any atom is -0.265 e. The van der Waals surface area contributed by atoms with E-state index < -0.39 is 0 Å². The van der Waals surface area contributed by atoms with E-state index in [1.807, 2.05) is 18.2 Å². The van der Waals surface area contributed by atoms with Crippen molar-refractivity contribution in [1.82, 2.24) is 4.98 Å². The summed E-state index contributed by atoms with van der Waals surface area (Å²) in [7, 11) is 0. The van der Waals surface area contributed by atoms with Crippen molar-refractivity contribution in [3.05, 3.63) is 102 Å². The van der Waals surface area contributed by atoms with Crippen molar-refractivity contribution in [2.24, 2.45) is 0 Å². The molecule has 4 rings (SSSR count). The maximum absolute atomic E-state index is 4.04. The lowest BCUT2D eigenvalue weighted by Gasteiger charge is -2.07. The first-order valence-corrected chi connectivity index (χ1v) is 7.98. The largest absolute Gasteiger partial charge is 0.265 e. The van der Waals surface area contributed by atoms with Crippen molar-refractivity contribution in [3.63, 3.8) is 0 Å². The van der Waals surface area contributed by atoms with Gasteiger partial charge in [-0.3, -0.25) is 4.98 Å². The van der Waals surface area contributed by atoms with E-state index in [0.29, 0.717) is 0 Å². The van der Waals surface area contributed by atoms with Crippen molar-refractivity contribution in [3.8, 4) is 11.1 Å². The van der Waals surface area contributed by atoms with Crippen LogP contribution in [0.2, 0.25) is 0 Å². The molecule has 0 aliphatic heterocycles. The molecule has 1 radical (unpaired) electrons. The predicted octanol–water partition coefficient (Wildman–Crippen LogP) is 5.87. The fraction of sp³-hybridized carbons (Fsp3) is 0. The van der Waals surface area contributed by atoms with Crippen LogP contribution in [0.5, 0.6) is 0 Å². The van der Waals surface area contributed by atoms with Gasteiger partial charge in [-0.25, -0.2) is 0 Å². The van der Waals surface area contributed by atoms with E-state index in [4.69, 9.17) is 0 Å². The van der Waals surface area contributed by atoms with Crippen LogP contribution in [-0.4, -0.2) is 4.98 Å². The summed E-state index contributed by atoms with van der Waals surface area (Å²) in [6.07, 6.45) is 7.77. The molecule has 0 spiro atoms. The van der Waals surface area contributed by atoms with E-state index in [-0.39, 0.29) is 0 Å². The highest BCUT2D eigenvalue weighted by Gasteiger charge is 2.03. The minimum absolute atomic E-state index is 1.07. The molecule has 24 heavy (non-hydrogen) atoms. The second-order valence-corrected chi connectivity index (χ2v) is 5.67. The van der Waals surface area contributed by atoms with E-state index in [1.54, 1.807) is 12.4 Å². The molecular weight excluding hydrogens is 290 g/mol. The van der Waals surface area contributed by atoms with Crippen LogP contribution in [0.3, 0.4) is 0 Å². The highest BCUT2D eigenvalue weighted by atomic mass is 14.6. The first-order chi connectivity index (χ1) is 11.9. The molecule has 113 valence electrons. The molecule has 4 aromatic rings. The van der Waals surface area contributed by atoms with Gasteiger partial charge < -0.3 is 0 Å². The van der Waals surface area contributed by atoms with Gasteiger partial charge in [0.2, 0.25) is 0 Å². The predicted molar refractivity (Wildman–Crippen MR) is 101 cm³/mol. The zero-order valence-corrected chi connectivity index (χ0v) is 13.2. The molecule has 1 heteroatoms. The zero-order valence-electron chi connectivity index (χ0n) is 13.2. The summed E-state index contributed by atoms with van der Waals surface area (Å²) >= 11 is 0. The molecule has 0 fully saturated rings. The molecule has 0 atom stereocenters. The molecule has 0 unspecified atom stereocenters. The van der Waals surface area contributed by atoms with Gasteiger partial charge in [-0.05, 0) is 57.3 Å². The Morgan fingerprint density at radius 1 is 0.792 bits per heavy atom. The number of hydrogen-bond donors (Lipinski definition) is 0. The molecule has 0 saturated carbocycles. The van der Waals surface area contributed by atoms with E-state index in [0.717, 1.165) is 11.1 Å². The van der Waals surface area contributed by atoms with E-state index in [9.17, 15) is 0 Å². The van der Waals surface area contributed by atoms with Gasteiger partial charge in [-0.15, -0.1) is 0 Å². The number of aromatic nitrogens is 1. The summed E-state index contributed by atoms with van der Waals surface area (Å²) in [5, 5.41) is 2.53. The lowest BCUT2D eigenvalue weighted by atomic mass is 9.97. The van der Waals surface area contributed by atoms with E-state index in [1.165, 1.54) is 21.9 Å². The molecule has 0 bridgehead atoms. The molecule has 0 saturated heterocycles. The van der Waals surface area contributed by atoms with E-state index >= 15 is 0 Å². The van der Waals surface area contributed by atoms with Gasteiger partial charge in [-0.1, -0.05) is 66.7 Å². The Kier molecular flexibility index (Phi) is 3.91. The standard InChI is InChI=1S/C23H16N/c1-2-9-22-20(6-1)7-4-10-23(22)21-8-3-5-19(17-21)12-11-18-13-15-24-16-14-18/h1-4,6-17H. The molecule has 1 heterocycles. The van der Waals surface area contributed by atoms with Crippen molar-refractivity contribution in [1.29, 1.82) is 0 Å². The highest BCUT2D eigenvalue weighted by molar-refractivity contribution is 5.96. The maximum Gasteiger partial charge on any atom is 0.0273 e. The van der Waals surface area contributed by atoms with Crippen molar-refractivity contribution < 1.29 is 0 Å². The second-order valence-electron chi connectivity index (χ2n) is 5.67. The van der Waals surface area contributed by atoms with Crippen molar-refractivity contribution >= 4 is 22.9 Å². The smallest absolute Gasteiger partial charge is 0.0273 e. The first-order valence-electron chi connectivity index (χ1n) is 7.98. The van der Waals surface area contributed by atoms with Gasteiger partial charge in [-0.2, -0.15) is 0 Å². The minimum atomic E-state index is 1.07.